The Balaban J connectivity index is 1.52. The Kier molecular flexibility index (Phi) is 8.74. The fourth-order valence-electron chi connectivity index (χ4n) is 7.62. The van der Waals surface area contributed by atoms with Gasteiger partial charge in [0.15, 0.2) is 23.0 Å². The molecule has 0 saturated carbocycles. The fourth-order valence-corrected chi connectivity index (χ4v) is 7.62. The number of hydrogen-bond donors (Lipinski definition) is 0. The molecule has 2 atom stereocenters. The van der Waals surface area contributed by atoms with Gasteiger partial charge in [-0.1, -0.05) is 18.2 Å². The van der Waals surface area contributed by atoms with Crippen LogP contribution in [0, 0.1) is 0 Å². The topological polar surface area (TPSA) is 71.1 Å². The standard InChI is InChI=1S/C39H44N2O7/c1-40-16-14-25-21-27(42-3)22-33-34(25)29(40)19-24-10-13-31(43-4)32(20-24)47-26-11-8-23(9-12-26)18-30-35-28(15-17-41(30)2)36(44-5)38(45-6)39(46-7)37(35)48-33/h8-13,20-22,29-30H,14-19H2,1-7H3/t29-,30+/m0/s1. The van der Waals surface area contributed by atoms with Crippen molar-refractivity contribution in [2.75, 3.05) is 62.7 Å². The lowest BCUT2D eigenvalue weighted by Crippen LogP contribution is -2.35. The van der Waals surface area contributed by atoms with Crippen molar-refractivity contribution in [3.8, 4) is 51.7 Å². The van der Waals surface area contributed by atoms with Gasteiger partial charge in [-0.25, -0.2) is 0 Å². The van der Waals surface area contributed by atoms with Crippen LogP contribution in [0.25, 0.3) is 0 Å². The summed E-state index contributed by atoms with van der Waals surface area (Å²) in [6, 6.07) is 18.6. The predicted octanol–water partition coefficient (Wildman–Crippen LogP) is 7.17. The van der Waals surface area contributed by atoms with Crippen LogP contribution in [0.3, 0.4) is 0 Å². The molecular formula is C39H44N2O7. The lowest BCUT2D eigenvalue weighted by molar-refractivity contribution is 0.213. The molecule has 9 heteroatoms. The second-order valence-corrected chi connectivity index (χ2v) is 12.8. The van der Waals surface area contributed by atoms with Crippen molar-refractivity contribution in [3.63, 3.8) is 0 Å². The SMILES string of the molecule is COc1cc2c3c(c1)Oc1c(OC)c(OC)c(OC)c4c1[C@@H](Cc1ccc(cc1)Oc1cc(ccc1OC)C[C@@H]3N(C)CC2)N(C)CC4. The highest BCUT2D eigenvalue weighted by atomic mass is 16.5. The summed E-state index contributed by atoms with van der Waals surface area (Å²) in [5.41, 5.74) is 6.73. The van der Waals surface area contributed by atoms with Gasteiger partial charge in [-0.3, -0.25) is 9.80 Å². The van der Waals surface area contributed by atoms with Gasteiger partial charge >= 0.3 is 0 Å². The minimum Gasteiger partial charge on any atom is -0.497 e. The third-order valence-electron chi connectivity index (χ3n) is 10.1. The lowest BCUT2D eigenvalue weighted by Gasteiger charge is -2.39. The van der Waals surface area contributed by atoms with Crippen LogP contribution in [0.2, 0.25) is 0 Å². The number of methoxy groups -OCH3 is 5. The van der Waals surface area contributed by atoms with Gasteiger partial charge in [-0.05, 0) is 86.8 Å². The van der Waals surface area contributed by atoms with Crippen molar-refractivity contribution in [2.24, 2.45) is 0 Å². The zero-order chi connectivity index (χ0) is 33.5. The smallest absolute Gasteiger partial charge is 0.208 e. The van der Waals surface area contributed by atoms with Gasteiger partial charge in [0.2, 0.25) is 11.5 Å². The molecule has 0 N–H and O–H groups in total. The summed E-state index contributed by atoms with van der Waals surface area (Å²) in [6.07, 6.45) is 3.11. The van der Waals surface area contributed by atoms with Crippen molar-refractivity contribution in [2.45, 2.75) is 37.8 Å². The second kappa shape index (κ2) is 13.1. The van der Waals surface area contributed by atoms with E-state index in [4.69, 9.17) is 33.2 Å². The largest absolute Gasteiger partial charge is 0.497 e. The predicted molar refractivity (Wildman–Crippen MR) is 184 cm³/mol. The van der Waals surface area contributed by atoms with Crippen molar-refractivity contribution in [3.05, 3.63) is 88.0 Å². The van der Waals surface area contributed by atoms with Gasteiger partial charge in [-0.15, -0.1) is 0 Å². The summed E-state index contributed by atoms with van der Waals surface area (Å²) in [5, 5.41) is 0. The third kappa shape index (κ3) is 5.54. The van der Waals surface area contributed by atoms with Crippen LogP contribution in [0.1, 0.15) is 45.5 Å². The minimum atomic E-state index is -0.0325. The maximum atomic E-state index is 7.25. The van der Waals surface area contributed by atoms with Crippen molar-refractivity contribution >= 4 is 0 Å². The maximum absolute atomic E-state index is 7.25. The van der Waals surface area contributed by atoms with E-state index in [1.54, 1.807) is 35.5 Å². The van der Waals surface area contributed by atoms with Crippen molar-refractivity contribution in [1.29, 1.82) is 0 Å². The molecule has 0 aromatic heterocycles. The first kappa shape index (κ1) is 32.0. The second-order valence-electron chi connectivity index (χ2n) is 12.8. The molecule has 4 heterocycles. The van der Waals surface area contributed by atoms with Crippen molar-refractivity contribution in [1.82, 2.24) is 9.80 Å². The molecule has 0 radical (unpaired) electrons. The van der Waals surface area contributed by atoms with Crippen LogP contribution in [0.15, 0.2) is 54.6 Å². The molecule has 0 saturated heterocycles. The van der Waals surface area contributed by atoms with Crippen LogP contribution in [-0.4, -0.2) is 72.5 Å². The number of rotatable bonds is 5. The Labute approximate surface area is 282 Å². The molecule has 9 nitrogen and oxygen atoms in total. The zero-order valence-corrected chi connectivity index (χ0v) is 28.8. The summed E-state index contributed by atoms with van der Waals surface area (Å²) in [4.78, 5) is 4.78. The van der Waals surface area contributed by atoms with Gasteiger partial charge in [0, 0.05) is 47.9 Å². The normalized spacial score (nSPS) is 18.8. The first-order valence-corrected chi connectivity index (χ1v) is 16.4. The molecule has 4 aliphatic heterocycles. The summed E-state index contributed by atoms with van der Waals surface area (Å²) in [5.74, 6) is 5.97. The van der Waals surface area contributed by atoms with E-state index < -0.39 is 0 Å². The van der Waals surface area contributed by atoms with Crippen LogP contribution in [0.4, 0.5) is 0 Å². The van der Waals surface area contributed by atoms with E-state index in [0.717, 1.165) is 83.8 Å². The van der Waals surface area contributed by atoms with E-state index in [1.165, 1.54) is 5.56 Å². The van der Waals surface area contributed by atoms with Gasteiger partial charge < -0.3 is 33.2 Å². The fraction of sp³-hybridized carbons (Fsp3) is 0.385. The van der Waals surface area contributed by atoms with Gasteiger partial charge in [0.05, 0.1) is 35.5 Å². The Morgan fingerprint density at radius 1 is 0.604 bits per heavy atom. The molecule has 8 rings (SSSR count). The summed E-state index contributed by atoms with van der Waals surface area (Å²) < 4.78 is 43.5. The molecule has 0 fully saturated rings. The summed E-state index contributed by atoms with van der Waals surface area (Å²) in [6.45, 7) is 1.75. The lowest BCUT2D eigenvalue weighted by atomic mass is 9.86. The van der Waals surface area contributed by atoms with Gasteiger partial charge in [0.25, 0.3) is 0 Å². The van der Waals surface area contributed by atoms with Gasteiger partial charge in [0.1, 0.15) is 17.2 Å². The van der Waals surface area contributed by atoms with E-state index in [0.29, 0.717) is 34.5 Å². The quantitative estimate of drug-likeness (QED) is 0.223. The first-order chi connectivity index (χ1) is 23.4. The molecule has 4 aliphatic rings. The number of hydrogen-bond acceptors (Lipinski definition) is 9. The Hall–Kier alpha value is -4.60. The molecule has 4 aromatic carbocycles. The molecule has 0 aliphatic carbocycles. The van der Waals surface area contributed by atoms with Gasteiger partial charge in [-0.2, -0.15) is 0 Å². The van der Waals surface area contributed by atoms with Crippen LogP contribution in [-0.2, 0) is 25.7 Å². The van der Waals surface area contributed by atoms with Crippen LogP contribution >= 0.6 is 0 Å². The van der Waals surface area contributed by atoms with E-state index in [9.17, 15) is 0 Å². The average Bonchev–Trinajstić information content (AvgIpc) is 3.10. The molecule has 252 valence electrons. The molecular weight excluding hydrogens is 608 g/mol. The van der Waals surface area contributed by atoms with E-state index in [-0.39, 0.29) is 12.1 Å². The molecule has 4 bridgehead atoms. The summed E-state index contributed by atoms with van der Waals surface area (Å²) >= 11 is 0. The number of likely N-dealkylation sites (N-methyl/N-ethyl adjacent to an activating group) is 2. The Morgan fingerprint density at radius 2 is 1.27 bits per heavy atom. The monoisotopic (exact) mass is 652 g/mol. The van der Waals surface area contributed by atoms with Crippen LogP contribution in [0.5, 0.6) is 51.7 Å². The average molecular weight is 653 g/mol. The maximum Gasteiger partial charge on any atom is 0.208 e. The Bertz CT molecular complexity index is 1820. The van der Waals surface area contributed by atoms with E-state index in [2.05, 4.69) is 54.2 Å². The van der Waals surface area contributed by atoms with Crippen molar-refractivity contribution < 1.29 is 33.2 Å². The molecule has 0 unspecified atom stereocenters. The zero-order valence-electron chi connectivity index (χ0n) is 28.8. The minimum absolute atomic E-state index is 0.0193. The Morgan fingerprint density at radius 3 is 1.96 bits per heavy atom. The summed E-state index contributed by atoms with van der Waals surface area (Å²) in [7, 11) is 12.7. The molecule has 0 spiro atoms. The number of nitrogens with zero attached hydrogens (tertiary/aromatic N) is 2. The molecule has 48 heavy (non-hydrogen) atoms. The highest BCUT2D eigenvalue weighted by molar-refractivity contribution is 5.70. The van der Waals surface area contributed by atoms with E-state index in [1.807, 2.05) is 24.3 Å². The third-order valence-corrected chi connectivity index (χ3v) is 10.1. The number of ether oxygens (including phenoxy) is 7. The van der Waals surface area contributed by atoms with Crippen LogP contribution < -0.4 is 33.2 Å². The number of benzene rings is 4. The molecule has 0 amide bonds. The number of fused-ring (bicyclic) bond motifs is 2. The highest BCUT2D eigenvalue weighted by Crippen LogP contribution is 2.56. The van der Waals surface area contributed by atoms with E-state index >= 15 is 0 Å². The molecule has 4 aromatic rings. The highest BCUT2D eigenvalue weighted by Gasteiger charge is 2.38. The first-order valence-electron chi connectivity index (χ1n) is 16.4.